The van der Waals surface area contributed by atoms with Crippen molar-refractivity contribution in [3.05, 3.63) is 41.7 Å². The number of nitrogens with zero attached hydrogens (tertiary/aromatic N) is 5. The molecule has 4 heterocycles. The zero-order valence-corrected chi connectivity index (χ0v) is 17.4. The molecule has 2 aliphatic rings. The summed E-state index contributed by atoms with van der Waals surface area (Å²) >= 11 is 0. The average Bonchev–Trinajstić information content (AvgIpc) is 3.34. The molecule has 2 atom stereocenters. The molecule has 0 radical (unpaired) electrons. The fourth-order valence-electron chi connectivity index (χ4n) is 4.06. The molecular weight excluding hydrogens is 394 g/mol. The molecule has 0 amide bonds. The van der Waals surface area contributed by atoms with Crippen LogP contribution in [0, 0.1) is 11.3 Å². The first-order valence-corrected chi connectivity index (χ1v) is 10.3. The fourth-order valence-corrected chi connectivity index (χ4v) is 4.06. The van der Waals surface area contributed by atoms with Crippen LogP contribution in [0.15, 0.2) is 30.6 Å². The number of nitriles is 1. The molecule has 0 spiro atoms. The van der Waals surface area contributed by atoms with E-state index in [0.717, 1.165) is 29.8 Å². The lowest BCUT2D eigenvalue weighted by Gasteiger charge is -2.22. The first kappa shape index (κ1) is 19.3. The number of fused-ring (bicyclic) bond motifs is 2. The van der Waals surface area contributed by atoms with Crippen LogP contribution in [0.5, 0.6) is 5.88 Å². The third kappa shape index (κ3) is 3.25. The maximum absolute atomic E-state index is 9.92. The number of aliphatic hydroxyl groups excluding tert-OH is 1. The van der Waals surface area contributed by atoms with E-state index in [1.165, 1.54) is 0 Å². The van der Waals surface area contributed by atoms with Gasteiger partial charge in [0.1, 0.15) is 11.8 Å². The van der Waals surface area contributed by atoms with Gasteiger partial charge in [0.15, 0.2) is 0 Å². The van der Waals surface area contributed by atoms with Crippen LogP contribution in [-0.2, 0) is 12.0 Å². The summed E-state index contributed by atoms with van der Waals surface area (Å²) in [4.78, 5) is 8.99. The van der Waals surface area contributed by atoms with Gasteiger partial charge in [0.05, 0.1) is 35.9 Å². The van der Waals surface area contributed by atoms with Gasteiger partial charge in [0.2, 0.25) is 11.8 Å². The molecule has 0 saturated heterocycles. The lowest BCUT2D eigenvalue weighted by Crippen LogP contribution is -2.28. The number of hydrogen-bond acceptors (Lipinski definition) is 8. The topological polar surface area (TPSA) is 121 Å². The highest BCUT2D eigenvalue weighted by Gasteiger charge is 2.36. The number of rotatable bonds is 4. The van der Waals surface area contributed by atoms with Gasteiger partial charge >= 0.3 is 0 Å². The molecule has 3 N–H and O–H groups in total. The van der Waals surface area contributed by atoms with Crippen molar-refractivity contribution in [1.29, 1.82) is 5.26 Å². The Hall–Kier alpha value is -3.64. The molecule has 158 valence electrons. The number of aromatic nitrogens is 4. The van der Waals surface area contributed by atoms with Gasteiger partial charge in [-0.3, -0.25) is 0 Å². The van der Waals surface area contributed by atoms with Crippen molar-refractivity contribution >= 4 is 17.3 Å². The van der Waals surface area contributed by atoms with Gasteiger partial charge in [-0.2, -0.15) is 10.4 Å². The van der Waals surface area contributed by atoms with E-state index in [0.29, 0.717) is 35.3 Å². The van der Waals surface area contributed by atoms with Crippen LogP contribution in [0.3, 0.4) is 0 Å². The Morgan fingerprint density at radius 2 is 2.32 bits per heavy atom. The predicted molar refractivity (Wildman–Crippen MR) is 115 cm³/mol. The SMILES string of the molecule is CC1CCn2ncc(Nc3nccc(-c4cc(C#N)c5c(c4)C(C)(CO)CN5)n3)c2O1. The number of nitrogens with one attached hydrogen (secondary N) is 2. The number of benzene rings is 1. The average molecular weight is 417 g/mol. The van der Waals surface area contributed by atoms with Gasteiger partial charge in [-0.15, -0.1) is 0 Å². The summed E-state index contributed by atoms with van der Waals surface area (Å²) in [6.07, 6.45) is 4.43. The minimum absolute atomic E-state index is 0.0108. The fraction of sp³-hybridized carbons (Fsp3) is 0.364. The molecular formula is C22H23N7O2. The minimum Gasteiger partial charge on any atom is -0.473 e. The molecule has 0 bridgehead atoms. The Balaban J connectivity index is 1.50. The first-order chi connectivity index (χ1) is 15.0. The summed E-state index contributed by atoms with van der Waals surface area (Å²) in [5.74, 6) is 1.10. The predicted octanol–water partition coefficient (Wildman–Crippen LogP) is 2.80. The molecule has 9 nitrogen and oxygen atoms in total. The van der Waals surface area contributed by atoms with E-state index < -0.39 is 5.41 Å². The lowest BCUT2D eigenvalue weighted by atomic mass is 9.83. The largest absolute Gasteiger partial charge is 0.473 e. The van der Waals surface area contributed by atoms with E-state index in [-0.39, 0.29) is 12.7 Å². The van der Waals surface area contributed by atoms with Crippen LogP contribution in [0.2, 0.25) is 0 Å². The highest BCUT2D eigenvalue weighted by Crippen LogP contribution is 2.41. The number of anilines is 3. The van der Waals surface area contributed by atoms with Crippen molar-refractivity contribution < 1.29 is 9.84 Å². The molecule has 2 aliphatic heterocycles. The van der Waals surface area contributed by atoms with Crippen molar-refractivity contribution in [2.45, 2.75) is 38.3 Å². The van der Waals surface area contributed by atoms with Crippen molar-refractivity contribution in [2.24, 2.45) is 0 Å². The summed E-state index contributed by atoms with van der Waals surface area (Å²) in [6.45, 7) is 5.39. The van der Waals surface area contributed by atoms with Crippen LogP contribution in [-0.4, -0.2) is 44.1 Å². The zero-order valence-electron chi connectivity index (χ0n) is 17.4. The van der Waals surface area contributed by atoms with Gasteiger partial charge in [-0.1, -0.05) is 6.92 Å². The highest BCUT2D eigenvalue weighted by molar-refractivity contribution is 5.76. The van der Waals surface area contributed by atoms with Crippen molar-refractivity contribution in [2.75, 3.05) is 23.8 Å². The van der Waals surface area contributed by atoms with Crippen LogP contribution in [0.1, 0.15) is 31.4 Å². The number of aryl methyl sites for hydroxylation is 1. The van der Waals surface area contributed by atoms with E-state index in [1.54, 1.807) is 18.5 Å². The Bertz CT molecular complexity index is 1200. The van der Waals surface area contributed by atoms with Gasteiger partial charge in [-0.05, 0) is 30.7 Å². The Kier molecular flexibility index (Phi) is 4.52. The smallest absolute Gasteiger partial charge is 0.236 e. The van der Waals surface area contributed by atoms with Crippen LogP contribution < -0.4 is 15.4 Å². The Morgan fingerprint density at radius 3 is 3.13 bits per heavy atom. The van der Waals surface area contributed by atoms with Crippen molar-refractivity contribution in [1.82, 2.24) is 19.7 Å². The molecule has 0 fully saturated rings. The molecule has 2 aromatic heterocycles. The van der Waals surface area contributed by atoms with E-state index in [9.17, 15) is 10.4 Å². The quantitative estimate of drug-likeness (QED) is 0.593. The van der Waals surface area contributed by atoms with Crippen LogP contribution >= 0.6 is 0 Å². The second kappa shape index (κ2) is 7.25. The monoisotopic (exact) mass is 417 g/mol. The molecule has 5 rings (SSSR count). The zero-order chi connectivity index (χ0) is 21.6. The first-order valence-electron chi connectivity index (χ1n) is 10.3. The molecule has 2 unspecified atom stereocenters. The van der Waals surface area contributed by atoms with E-state index in [2.05, 4.69) is 31.8 Å². The van der Waals surface area contributed by atoms with Crippen molar-refractivity contribution in [3.63, 3.8) is 0 Å². The summed E-state index contributed by atoms with van der Waals surface area (Å²) in [7, 11) is 0. The Labute approximate surface area is 179 Å². The second-order valence-electron chi connectivity index (χ2n) is 8.32. The third-order valence-corrected chi connectivity index (χ3v) is 5.96. The van der Waals surface area contributed by atoms with E-state index in [1.807, 2.05) is 30.7 Å². The van der Waals surface area contributed by atoms with Gasteiger partial charge in [0, 0.05) is 36.7 Å². The van der Waals surface area contributed by atoms with Crippen LogP contribution in [0.25, 0.3) is 11.3 Å². The summed E-state index contributed by atoms with van der Waals surface area (Å²) < 4.78 is 7.75. The maximum atomic E-state index is 9.92. The second-order valence-corrected chi connectivity index (χ2v) is 8.32. The van der Waals surface area contributed by atoms with E-state index in [4.69, 9.17) is 4.74 Å². The number of hydrogen-bond donors (Lipinski definition) is 3. The maximum Gasteiger partial charge on any atom is 0.236 e. The summed E-state index contributed by atoms with van der Waals surface area (Å²) in [6, 6.07) is 7.87. The van der Waals surface area contributed by atoms with Crippen molar-refractivity contribution in [3.8, 4) is 23.2 Å². The lowest BCUT2D eigenvalue weighted by molar-refractivity contribution is 0.150. The van der Waals surface area contributed by atoms with Gasteiger partial charge in [0.25, 0.3) is 0 Å². The molecule has 0 aliphatic carbocycles. The van der Waals surface area contributed by atoms with Gasteiger partial charge in [-0.25, -0.2) is 14.6 Å². The molecule has 1 aromatic carbocycles. The van der Waals surface area contributed by atoms with E-state index >= 15 is 0 Å². The molecule has 3 aromatic rings. The highest BCUT2D eigenvalue weighted by atomic mass is 16.5. The van der Waals surface area contributed by atoms with Gasteiger partial charge < -0.3 is 20.5 Å². The Morgan fingerprint density at radius 1 is 1.45 bits per heavy atom. The third-order valence-electron chi connectivity index (χ3n) is 5.96. The standard InChI is InChI=1S/C22H23N7O2/c1-13-4-6-29-20(31-13)18(10-26-29)28-21-24-5-3-17(27-21)14-7-15(9-23)19-16(8-14)22(2,12-30)11-25-19/h3,5,7-8,10,13,25,30H,4,6,11-12H2,1-2H3,(H,24,27,28). The molecule has 0 saturated carbocycles. The molecule has 9 heteroatoms. The molecule has 31 heavy (non-hydrogen) atoms. The summed E-state index contributed by atoms with van der Waals surface area (Å²) in [5.41, 5.74) is 3.98. The minimum atomic E-state index is -0.448. The van der Waals surface area contributed by atoms with Crippen LogP contribution in [0.4, 0.5) is 17.3 Å². The normalized spacial score (nSPS) is 21.4. The number of ether oxygens (including phenoxy) is 1. The number of aliphatic hydroxyl groups is 1. The summed E-state index contributed by atoms with van der Waals surface area (Å²) in [5, 5.41) is 30.4.